The van der Waals surface area contributed by atoms with Gasteiger partial charge in [-0.1, -0.05) is 30.3 Å². The zero-order valence-electron chi connectivity index (χ0n) is 16.3. The molecule has 1 fully saturated rings. The molecule has 1 saturated heterocycles. The Morgan fingerprint density at radius 1 is 1.19 bits per heavy atom. The van der Waals surface area contributed by atoms with Crippen molar-refractivity contribution in [2.75, 3.05) is 24.4 Å². The minimum absolute atomic E-state index is 0.0445. The lowest BCUT2D eigenvalue weighted by Crippen LogP contribution is -2.38. The number of halogens is 2. The molecule has 0 amide bonds. The molecule has 0 radical (unpaired) electrons. The molecule has 0 spiro atoms. The van der Waals surface area contributed by atoms with E-state index in [1.165, 1.54) is 5.56 Å². The van der Waals surface area contributed by atoms with Crippen LogP contribution in [0.2, 0.25) is 0 Å². The Kier molecular flexibility index (Phi) is 6.44. The number of piperidine rings is 1. The van der Waals surface area contributed by atoms with Gasteiger partial charge in [-0.3, -0.25) is 4.72 Å². The molecule has 4 rings (SSSR count). The Morgan fingerprint density at radius 3 is 2.74 bits per heavy atom. The average Bonchev–Trinajstić information content (AvgIpc) is 3.27. The predicted molar refractivity (Wildman–Crippen MR) is 113 cm³/mol. The summed E-state index contributed by atoms with van der Waals surface area (Å²) in [5.41, 5.74) is 1.17. The maximum atomic E-state index is 14.6. The molecular formula is C20H20F2N4O3S2. The summed E-state index contributed by atoms with van der Waals surface area (Å²) in [6, 6.07) is 11.4. The van der Waals surface area contributed by atoms with Gasteiger partial charge in [0.1, 0.15) is 17.0 Å². The van der Waals surface area contributed by atoms with Gasteiger partial charge in [0, 0.05) is 36.1 Å². The number of hydrogen-bond donors (Lipinski definition) is 2. The van der Waals surface area contributed by atoms with Crippen molar-refractivity contribution in [2.24, 2.45) is 5.92 Å². The van der Waals surface area contributed by atoms with Gasteiger partial charge < -0.3 is 10.1 Å². The summed E-state index contributed by atoms with van der Waals surface area (Å²) in [6.07, 6.45) is 2.06. The fourth-order valence-electron chi connectivity index (χ4n) is 3.65. The van der Waals surface area contributed by atoms with Crippen LogP contribution in [0.25, 0.3) is 0 Å². The third-order valence-electron chi connectivity index (χ3n) is 5.15. The number of hydrogen-bond acceptors (Lipinski definition) is 7. The molecule has 2 heterocycles. The minimum atomic E-state index is -4.36. The number of benzene rings is 2. The van der Waals surface area contributed by atoms with E-state index in [-0.39, 0.29) is 29.3 Å². The lowest BCUT2D eigenvalue weighted by Gasteiger charge is -2.32. The van der Waals surface area contributed by atoms with E-state index in [1.807, 2.05) is 30.3 Å². The standard InChI is InChI=1S/C20H20F2N4O3S2/c21-16-9-19(31(27,28)26-20-24-12-25-30-20)17(22)8-18(16)29-11-14-10-23-7-6-15(14)13-4-2-1-3-5-13/h1-5,8-9,12,14-15,23H,6-7,10-11H2,(H,24,25,26)/t14-,15?/m0/s1. The summed E-state index contributed by atoms with van der Waals surface area (Å²) in [7, 11) is -4.36. The van der Waals surface area contributed by atoms with Crippen LogP contribution in [-0.4, -0.2) is 37.5 Å². The smallest absolute Gasteiger partial charge is 0.266 e. The second kappa shape index (κ2) is 9.25. The highest BCUT2D eigenvalue weighted by Crippen LogP contribution is 2.32. The summed E-state index contributed by atoms with van der Waals surface area (Å²) in [5, 5.41) is 3.26. The fourth-order valence-corrected chi connectivity index (χ4v) is 5.38. The quantitative estimate of drug-likeness (QED) is 0.555. The summed E-state index contributed by atoms with van der Waals surface area (Å²) in [5.74, 6) is -2.12. The third kappa shape index (κ3) is 5.00. The molecule has 0 saturated carbocycles. The van der Waals surface area contributed by atoms with Crippen LogP contribution in [0.4, 0.5) is 13.9 Å². The van der Waals surface area contributed by atoms with Gasteiger partial charge in [0.2, 0.25) is 5.13 Å². The van der Waals surface area contributed by atoms with Crippen molar-refractivity contribution < 1.29 is 21.9 Å². The first-order valence-corrected chi connectivity index (χ1v) is 11.9. The summed E-state index contributed by atoms with van der Waals surface area (Å²) in [6.45, 7) is 1.72. The van der Waals surface area contributed by atoms with Crippen LogP contribution in [0.5, 0.6) is 5.75 Å². The third-order valence-corrected chi connectivity index (χ3v) is 7.21. The molecule has 1 unspecified atom stereocenters. The first-order valence-electron chi connectivity index (χ1n) is 9.61. The van der Waals surface area contributed by atoms with Crippen LogP contribution in [0.15, 0.2) is 53.7 Å². The highest BCUT2D eigenvalue weighted by molar-refractivity contribution is 7.93. The SMILES string of the molecule is O=S(=O)(Nc1ncns1)c1cc(F)c(OC[C@@H]2CNCCC2c2ccccc2)cc1F. The van der Waals surface area contributed by atoms with E-state index in [1.54, 1.807) is 0 Å². The van der Waals surface area contributed by atoms with Crippen molar-refractivity contribution in [1.82, 2.24) is 14.7 Å². The lowest BCUT2D eigenvalue weighted by atomic mass is 9.81. The maximum absolute atomic E-state index is 14.6. The van der Waals surface area contributed by atoms with Crippen LogP contribution in [0.3, 0.4) is 0 Å². The average molecular weight is 467 g/mol. The lowest BCUT2D eigenvalue weighted by molar-refractivity contribution is 0.190. The highest BCUT2D eigenvalue weighted by atomic mass is 32.2. The molecule has 31 heavy (non-hydrogen) atoms. The molecule has 1 aromatic heterocycles. The Bertz CT molecular complexity index is 1130. The van der Waals surface area contributed by atoms with Gasteiger partial charge in [0.05, 0.1) is 6.61 Å². The van der Waals surface area contributed by atoms with Gasteiger partial charge in [-0.2, -0.15) is 4.37 Å². The topological polar surface area (TPSA) is 93.2 Å². The number of ether oxygens (including phenoxy) is 1. The van der Waals surface area contributed by atoms with Crippen LogP contribution >= 0.6 is 11.5 Å². The zero-order valence-corrected chi connectivity index (χ0v) is 17.9. The molecule has 1 aliphatic rings. The molecule has 0 aliphatic carbocycles. The van der Waals surface area contributed by atoms with E-state index in [0.29, 0.717) is 12.6 Å². The summed E-state index contributed by atoms with van der Waals surface area (Å²) >= 11 is 0.782. The molecule has 1 aliphatic heterocycles. The van der Waals surface area contributed by atoms with Crippen molar-refractivity contribution in [3.8, 4) is 5.75 Å². The largest absolute Gasteiger partial charge is 0.490 e. The van der Waals surface area contributed by atoms with Crippen molar-refractivity contribution in [3.05, 3.63) is 66.0 Å². The van der Waals surface area contributed by atoms with Gasteiger partial charge in [0.15, 0.2) is 11.6 Å². The van der Waals surface area contributed by atoms with Crippen molar-refractivity contribution in [3.63, 3.8) is 0 Å². The van der Waals surface area contributed by atoms with E-state index in [4.69, 9.17) is 4.74 Å². The summed E-state index contributed by atoms with van der Waals surface area (Å²) < 4.78 is 65.2. The number of rotatable bonds is 7. The minimum Gasteiger partial charge on any atom is -0.490 e. The molecule has 2 atom stereocenters. The Balaban J connectivity index is 1.49. The van der Waals surface area contributed by atoms with Crippen LogP contribution < -0.4 is 14.8 Å². The van der Waals surface area contributed by atoms with Crippen molar-refractivity contribution in [1.29, 1.82) is 0 Å². The van der Waals surface area contributed by atoms with E-state index < -0.39 is 26.6 Å². The molecule has 2 aromatic carbocycles. The maximum Gasteiger partial charge on any atom is 0.266 e. The fraction of sp³-hybridized carbons (Fsp3) is 0.300. The van der Waals surface area contributed by atoms with Gasteiger partial charge >= 0.3 is 0 Å². The molecule has 11 heteroatoms. The van der Waals surface area contributed by atoms with Gasteiger partial charge in [0.25, 0.3) is 10.0 Å². The van der Waals surface area contributed by atoms with E-state index in [9.17, 15) is 17.2 Å². The number of sulfonamides is 1. The van der Waals surface area contributed by atoms with Crippen LogP contribution in [0.1, 0.15) is 17.9 Å². The molecule has 3 aromatic rings. The normalized spacial score (nSPS) is 19.2. The van der Waals surface area contributed by atoms with Crippen LogP contribution in [-0.2, 0) is 10.0 Å². The highest BCUT2D eigenvalue weighted by Gasteiger charge is 2.28. The van der Waals surface area contributed by atoms with Gasteiger partial charge in [-0.25, -0.2) is 22.2 Å². The zero-order chi connectivity index (χ0) is 21.8. The monoisotopic (exact) mass is 466 g/mol. The van der Waals surface area contributed by atoms with E-state index in [0.717, 1.165) is 36.9 Å². The Morgan fingerprint density at radius 2 is 2.00 bits per heavy atom. The van der Waals surface area contributed by atoms with Crippen molar-refractivity contribution >= 4 is 26.7 Å². The molecular weight excluding hydrogens is 446 g/mol. The molecule has 7 nitrogen and oxygen atoms in total. The molecule has 164 valence electrons. The van der Waals surface area contributed by atoms with Crippen LogP contribution in [0, 0.1) is 17.6 Å². The second-order valence-electron chi connectivity index (χ2n) is 7.15. The Labute approximate surface area is 182 Å². The first kappa shape index (κ1) is 21.6. The number of nitrogens with zero attached hydrogens (tertiary/aromatic N) is 2. The molecule has 0 bridgehead atoms. The second-order valence-corrected chi connectivity index (χ2v) is 9.58. The Hall–Kier alpha value is -2.63. The van der Waals surface area contributed by atoms with Crippen molar-refractivity contribution in [2.45, 2.75) is 17.2 Å². The number of aromatic nitrogens is 2. The summed E-state index contributed by atoms with van der Waals surface area (Å²) in [4.78, 5) is 2.86. The molecule has 2 N–H and O–H groups in total. The number of nitrogens with one attached hydrogen (secondary N) is 2. The van der Waals surface area contributed by atoms with E-state index in [2.05, 4.69) is 19.4 Å². The first-order chi connectivity index (χ1) is 14.9. The predicted octanol–water partition coefficient (Wildman–Crippen LogP) is 3.39. The van der Waals surface area contributed by atoms with Gasteiger partial charge in [-0.05, 0) is 24.4 Å². The van der Waals surface area contributed by atoms with E-state index >= 15 is 0 Å². The van der Waals surface area contributed by atoms with Gasteiger partial charge in [-0.15, -0.1) is 0 Å². The number of anilines is 1.